The number of nitrogens with two attached hydrogens (primary N) is 1. The Balaban J connectivity index is 2.00. The zero-order valence-corrected chi connectivity index (χ0v) is 10.3. The van der Waals surface area contributed by atoms with Crippen LogP contribution in [0.2, 0.25) is 0 Å². The van der Waals surface area contributed by atoms with Crippen LogP contribution in [0.15, 0.2) is 42.7 Å². The predicted octanol–water partition coefficient (Wildman–Crippen LogP) is 2.93. The minimum Gasteiger partial charge on any atom is -0.397 e. The molecule has 1 fully saturated rings. The zero-order valence-electron chi connectivity index (χ0n) is 10.3. The maximum atomic E-state index is 6.09. The molecular weight excluding hydrogens is 222 g/mol. The van der Waals surface area contributed by atoms with E-state index in [2.05, 4.69) is 28.1 Å². The molecule has 0 unspecified atom stereocenters. The maximum Gasteiger partial charge on any atom is 0.0606 e. The summed E-state index contributed by atoms with van der Waals surface area (Å²) in [6.07, 6.45) is 6.20. The van der Waals surface area contributed by atoms with Crippen LogP contribution >= 0.6 is 0 Å². The Morgan fingerprint density at radius 2 is 1.89 bits per heavy atom. The Kier molecular flexibility index (Phi) is 2.89. The molecule has 2 N–H and O–H groups in total. The summed E-state index contributed by atoms with van der Waals surface area (Å²) < 4.78 is 0. The normalized spacial score (nSPS) is 15.0. The number of benzene rings is 1. The zero-order chi connectivity index (χ0) is 12.4. The number of rotatable bonds is 2. The van der Waals surface area contributed by atoms with E-state index in [1.54, 1.807) is 6.20 Å². The third-order valence-electron chi connectivity index (χ3n) is 3.47. The van der Waals surface area contributed by atoms with Gasteiger partial charge in [-0.2, -0.15) is 0 Å². The Hall–Kier alpha value is -2.03. The van der Waals surface area contributed by atoms with Gasteiger partial charge in [-0.25, -0.2) is 0 Å². The molecule has 0 atom stereocenters. The lowest BCUT2D eigenvalue weighted by Crippen LogP contribution is -2.19. The molecule has 3 nitrogen and oxygen atoms in total. The van der Waals surface area contributed by atoms with Crippen molar-refractivity contribution in [3.63, 3.8) is 0 Å². The lowest BCUT2D eigenvalue weighted by Gasteiger charge is -2.20. The summed E-state index contributed by atoms with van der Waals surface area (Å²) in [7, 11) is 0. The van der Waals surface area contributed by atoms with Gasteiger partial charge in [-0.05, 0) is 36.6 Å². The van der Waals surface area contributed by atoms with Crippen molar-refractivity contribution in [3.8, 4) is 11.1 Å². The van der Waals surface area contributed by atoms with Crippen LogP contribution in [0.3, 0.4) is 0 Å². The molecule has 1 aromatic heterocycles. The van der Waals surface area contributed by atoms with Gasteiger partial charge in [0.25, 0.3) is 0 Å². The van der Waals surface area contributed by atoms with Crippen LogP contribution in [0.1, 0.15) is 12.8 Å². The van der Waals surface area contributed by atoms with Crippen molar-refractivity contribution in [2.75, 3.05) is 23.7 Å². The van der Waals surface area contributed by atoms with Gasteiger partial charge < -0.3 is 10.6 Å². The first kappa shape index (κ1) is 11.1. The van der Waals surface area contributed by atoms with Crippen LogP contribution in [-0.4, -0.2) is 18.1 Å². The molecule has 2 heterocycles. The van der Waals surface area contributed by atoms with Crippen LogP contribution in [-0.2, 0) is 0 Å². The van der Waals surface area contributed by atoms with Crippen molar-refractivity contribution in [2.45, 2.75) is 12.8 Å². The van der Waals surface area contributed by atoms with E-state index in [4.69, 9.17) is 5.73 Å². The number of nitrogen functional groups attached to an aromatic ring is 1. The van der Waals surface area contributed by atoms with Gasteiger partial charge in [0.15, 0.2) is 0 Å². The van der Waals surface area contributed by atoms with Crippen molar-refractivity contribution < 1.29 is 0 Å². The van der Waals surface area contributed by atoms with E-state index >= 15 is 0 Å². The average Bonchev–Trinajstić information content (AvgIpc) is 2.94. The van der Waals surface area contributed by atoms with Crippen LogP contribution in [0.4, 0.5) is 11.4 Å². The second-order valence-electron chi connectivity index (χ2n) is 4.71. The van der Waals surface area contributed by atoms with Gasteiger partial charge in [-0.1, -0.05) is 12.1 Å². The lowest BCUT2D eigenvalue weighted by atomic mass is 10.1. The van der Waals surface area contributed by atoms with E-state index in [1.807, 2.05) is 18.3 Å². The van der Waals surface area contributed by atoms with Gasteiger partial charge in [0.2, 0.25) is 0 Å². The molecule has 0 amide bonds. The molecule has 0 saturated carbocycles. The minimum atomic E-state index is 0.865. The Morgan fingerprint density at radius 1 is 1.06 bits per heavy atom. The van der Waals surface area contributed by atoms with E-state index in [9.17, 15) is 0 Å². The molecule has 0 bridgehead atoms. The summed E-state index contributed by atoms with van der Waals surface area (Å²) >= 11 is 0. The van der Waals surface area contributed by atoms with Crippen molar-refractivity contribution >= 4 is 11.4 Å². The van der Waals surface area contributed by atoms with E-state index < -0.39 is 0 Å². The van der Waals surface area contributed by atoms with Gasteiger partial charge in [0.05, 0.1) is 11.4 Å². The number of nitrogens with zero attached hydrogens (tertiary/aromatic N) is 2. The van der Waals surface area contributed by atoms with E-state index in [1.165, 1.54) is 18.4 Å². The second-order valence-corrected chi connectivity index (χ2v) is 4.71. The number of anilines is 2. The molecule has 92 valence electrons. The monoisotopic (exact) mass is 239 g/mol. The summed E-state index contributed by atoms with van der Waals surface area (Å²) in [6, 6.07) is 10.3. The van der Waals surface area contributed by atoms with Crippen LogP contribution in [0.25, 0.3) is 11.1 Å². The van der Waals surface area contributed by atoms with Gasteiger partial charge in [0, 0.05) is 31.0 Å². The molecule has 18 heavy (non-hydrogen) atoms. The summed E-state index contributed by atoms with van der Waals surface area (Å²) in [4.78, 5) is 6.54. The van der Waals surface area contributed by atoms with Gasteiger partial charge in [-0.15, -0.1) is 0 Å². The SMILES string of the molecule is Nc1ccc(-c2cccnc2)cc1N1CCCC1. The fourth-order valence-corrected chi connectivity index (χ4v) is 2.49. The smallest absolute Gasteiger partial charge is 0.0606 e. The lowest BCUT2D eigenvalue weighted by molar-refractivity contribution is 0.949. The number of pyridine rings is 1. The molecular formula is C15H17N3. The molecule has 1 saturated heterocycles. The van der Waals surface area contributed by atoms with Crippen LogP contribution < -0.4 is 10.6 Å². The van der Waals surface area contributed by atoms with Crippen molar-refractivity contribution in [2.24, 2.45) is 0 Å². The maximum absolute atomic E-state index is 6.09. The molecule has 0 radical (unpaired) electrons. The molecule has 0 spiro atoms. The molecule has 1 aliphatic rings. The fourth-order valence-electron chi connectivity index (χ4n) is 2.49. The van der Waals surface area contributed by atoms with Gasteiger partial charge in [-0.3, -0.25) is 4.98 Å². The standard InChI is InChI=1S/C15H17N3/c16-14-6-5-12(13-4-3-7-17-11-13)10-15(14)18-8-1-2-9-18/h3-7,10-11H,1-2,8-9,16H2. The highest BCUT2D eigenvalue weighted by molar-refractivity contribution is 5.76. The highest BCUT2D eigenvalue weighted by Crippen LogP contribution is 2.31. The predicted molar refractivity (Wildman–Crippen MR) is 75.5 cm³/mol. The summed E-state index contributed by atoms with van der Waals surface area (Å²) in [6.45, 7) is 2.22. The Bertz CT molecular complexity index is 531. The molecule has 1 aliphatic heterocycles. The average molecular weight is 239 g/mol. The fraction of sp³-hybridized carbons (Fsp3) is 0.267. The molecule has 1 aromatic carbocycles. The Morgan fingerprint density at radius 3 is 2.61 bits per heavy atom. The van der Waals surface area contributed by atoms with Crippen molar-refractivity contribution in [1.82, 2.24) is 4.98 Å². The summed E-state index contributed by atoms with van der Waals surface area (Å²) in [5, 5.41) is 0. The molecule has 0 aliphatic carbocycles. The molecule has 2 aromatic rings. The first-order chi connectivity index (χ1) is 8.84. The van der Waals surface area contributed by atoms with Gasteiger partial charge >= 0.3 is 0 Å². The first-order valence-electron chi connectivity index (χ1n) is 6.39. The second kappa shape index (κ2) is 4.69. The third-order valence-corrected chi connectivity index (χ3v) is 3.47. The highest BCUT2D eigenvalue weighted by atomic mass is 15.1. The molecule has 3 rings (SSSR count). The largest absolute Gasteiger partial charge is 0.397 e. The van der Waals surface area contributed by atoms with Crippen LogP contribution in [0, 0.1) is 0 Å². The van der Waals surface area contributed by atoms with Crippen molar-refractivity contribution in [1.29, 1.82) is 0 Å². The number of aromatic nitrogens is 1. The highest BCUT2D eigenvalue weighted by Gasteiger charge is 2.15. The first-order valence-corrected chi connectivity index (χ1v) is 6.39. The summed E-state index contributed by atoms with van der Waals surface area (Å²) in [5.74, 6) is 0. The van der Waals surface area contributed by atoms with E-state index in [-0.39, 0.29) is 0 Å². The number of hydrogen-bond acceptors (Lipinski definition) is 3. The summed E-state index contributed by atoms with van der Waals surface area (Å²) in [5.41, 5.74) is 10.4. The van der Waals surface area contributed by atoms with Crippen molar-refractivity contribution in [3.05, 3.63) is 42.7 Å². The van der Waals surface area contributed by atoms with Crippen LogP contribution in [0.5, 0.6) is 0 Å². The Labute approximate surface area is 107 Å². The topological polar surface area (TPSA) is 42.1 Å². The third kappa shape index (κ3) is 2.04. The minimum absolute atomic E-state index is 0.865. The molecule has 3 heteroatoms. The van der Waals surface area contributed by atoms with E-state index in [0.717, 1.165) is 30.0 Å². The quantitative estimate of drug-likeness (QED) is 0.819. The van der Waals surface area contributed by atoms with E-state index in [0.29, 0.717) is 0 Å². The number of hydrogen-bond donors (Lipinski definition) is 1. The van der Waals surface area contributed by atoms with Gasteiger partial charge in [0.1, 0.15) is 0 Å².